The first kappa shape index (κ1) is 18.1. The molecule has 0 fully saturated rings. The first-order chi connectivity index (χ1) is 11.9. The summed E-state index contributed by atoms with van der Waals surface area (Å²) in [5, 5.41) is 9.68. The molecule has 2 aromatic rings. The molecule has 1 atom stereocenters. The molecule has 3 N–H and O–H groups in total. The predicted octanol–water partition coefficient (Wildman–Crippen LogP) is 4.64. The molecule has 0 aromatic heterocycles. The number of carbonyl (C=O) groups is 1. The standard InChI is InChI=1S/C18H15Br2N3OS/c1-10-15(17(24)22-14-7-5-12(19)6-8-14)16(23-18(25)21-10)11-3-2-4-13(20)9-11/h2-9,16H,1H3,(H,22,24)(H2,21,23,25)/t16-/m0/s1. The number of hydrogen-bond donors (Lipinski definition) is 3. The van der Waals surface area contributed by atoms with E-state index in [-0.39, 0.29) is 11.9 Å². The van der Waals surface area contributed by atoms with Crippen LogP contribution in [0.25, 0.3) is 0 Å². The van der Waals surface area contributed by atoms with E-state index in [1.165, 1.54) is 0 Å². The van der Waals surface area contributed by atoms with Crippen molar-refractivity contribution < 1.29 is 4.79 Å². The number of allylic oxidation sites excluding steroid dienone is 1. The molecule has 4 nitrogen and oxygen atoms in total. The van der Waals surface area contributed by atoms with Gasteiger partial charge >= 0.3 is 0 Å². The van der Waals surface area contributed by atoms with Crippen LogP contribution in [0, 0.1) is 0 Å². The second-order valence-electron chi connectivity index (χ2n) is 5.59. The maximum absolute atomic E-state index is 12.9. The van der Waals surface area contributed by atoms with Gasteiger partial charge in [0.2, 0.25) is 0 Å². The summed E-state index contributed by atoms with van der Waals surface area (Å²) in [6.07, 6.45) is 0. The average Bonchev–Trinajstić information content (AvgIpc) is 2.56. The average molecular weight is 481 g/mol. The molecular weight excluding hydrogens is 466 g/mol. The molecule has 0 spiro atoms. The van der Waals surface area contributed by atoms with Crippen molar-refractivity contribution in [2.24, 2.45) is 0 Å². The van der Waals surface area contributed by atoms with Gasteiger partial charge < -0.3 is 16.0 Å². The molecule has 1 aliphatic rings. The van der Waals surface area contributed by atoms with Crippen LogP contribution in [0.5, 0.6) is 0 Å². The lowest BCUT2D eigenvalue weighted by Crippen LogP contribution is -2.45. The van der Waals surface area contributed by atoms with E-state index in [2.05, 4.69) is 47.8 Å². The fourth-order valence-electron chi connectivity index (χ4n) is 2.66. The second-order valence-corrected chi connectivity index (χ2v) is 7.83. The molecule has 128 valence electrons. The predicted molar refractivity (Wildman–Crippen MR) is 111 cm³/mol. The van der Waals surface area contributed by atoms with Gasteiger partial charge in [-0.25, -0.2) is 0 Å². The minimum Gasteiger partial charge on any atom is -0.351 e. The number of amides is 1. The van der Waals surface area contributed by atoms with Crippen molar-refractivity contribution in [2.75, 3.05) is 5.32 Å². The van der Waals surface area contributed by atoms with Crippen LogP contribution in [0.1, 0.15) is 18.5 Å². The molecule has 1 heterocycles. The van der Waals surface area contributed by atoms with E-state index in [9.17, 15) is 4.79 Å². The molecule has 25 heavy (non-hydrogen) atoms. The summed E-state index contributed by atoms with van der Waals surface area (Å²) in [7, 11) is 0. The molecule has 0 aliphatic carbocycles. The third-order valence-electron chi connectivity index (χ3n) is 3.80. The third kappa shape index (κ3) is 4.29. The lowest BCUT2D eigenvalue weighted by atomic mass is 9.95. The maximum Gasteiger partial charge on any atom is 0.255 e. The molecule has 0 saturated carbocycles. The molecule has 1 amide bonds. The van der Waals surface area contributed by atoms with Crippen molar-refractivity contribution in [1.82, 2.24) is 10.6 Å². The summed E-state index contributed by atoms with van der Waals surface area (Å²) in [5.74, 6) is -0.174. The Hall–Kier alpha value is -1.70. The van der Waals surface area contributed by atoms with Crippen LogP contribution in [0.15, 0.2) is 68.7 Å². The highest BCUT2D eigenvalue weighted by molar-refractivity contribution is 9.10. The quantitative estimate of drug-likeness (QED) is 0.560. The van der Waals surface area contributed by atoms with Crippen molar-refractivity contribution in [3.8, 4) is 0 Å². The van der Waals surface area contributed by atoms with Crippen LogP contribution in [-0.2, 0) is 4.79 Å². The van der Waals surface area contributed by atoms with E-state index < -0.39 is 0 Å². The Balaban J connectivity index is 1.94. The first-order valence-corrected chi connectivity index (χ1v) is 9.54. The van der Waals surface area contributed by atoms with Crippen molar-refractivity contribution in [2.45, 2.75) is 13.0 Å². The normalized spacial score (nSPS) is 16.9. The van der Waals surface area contributed by atoms with Gasteiger partial charge in [0, 0.05) is 20.3 Å². The monoisotopic (exact) mass is 479 g/mol. The number of halogens is 2. The summed E-state index contributed by atoms with van der Waals surface area (Å²) in [5.41, 5.74) is 3.03. The van der Waals surface area contributed by atoms with Crippen molar-refractivity contribution in [3.63, 3.8) is 0 Å². The van der Waals surface area contributed by atoms with Crippen molar-refractivity contribution >= 4 is 60.8 Å². The smallest absolute Gasteiger partial charge is 0.255 e. The van der Waals surface area contributed by atoms with Gasteiger partial charge in [-0.15, -0.1) is 0 Å². The van der Waals surface area contributed by atoms with Gasteiger partial charge in [-0.1, -0.05) is 44.0 Å². The van der Waals surface area contributed by atoms with Crippen LogP contribution < -0.4 is 16.0 Å². The van der Waals surface area contributed by atoms with Gasteiger partial charge in [-0.2, -0.15) is 0 Å². The third-order valence-corrected chi connectivity index (χ3v) is 5.04. The van der Waals surface area contributed by atoms with E-state index in [1.54, 1.807) is 0 Å². The van der Waals surface area contributed by atoms with Gasteiger partial charge in [-0.3, -0.25) is 4.79 Å². The SMILES string of the molecule is CC1=C(C(=O)Nc2ccc(Br)cc2)[C@H](c2cccc(Br)c2)NC(=S)N1. The Morgan fingerprint density at radius 1 is 1.12 bits per heavy atom. The Morgan fingerprint density at radius 2 is 1.84 bits per heavy atom. The molecule has 7 heteroatoms. The Kier molecular flexibility index (Phi) is 5.56. The highest BCUT2D eigenvalue weighted by Gasteiger charge is 2.30. The van der Waals surface area contributed by atoms with E-state index in [0.29, 0.717) is 10.7 Å². The number of rotatable bonds is 3. The minimum atomic E-state index is -0.318. The van der Waals surface area contributed by atoms with Crippen molar-refractivity contribution in [3.05, 3.63) is 74.3 Å². The number of anilines is 1. The lowest BCUT2D eigenvalue weighted by molar-refractivity contribution is -0.113. The van der Waals surface area contributed by atoms with E-state index in [0.717, 1.165) is 25.9 Å². The molecule has 0 unspecified atom stereocenters. The summed E-state index contributed by atoms with van der Waals surface area (Å²) in [6, 6.07) is 15.0. The van der Waals surface area contributed by atoms with E-state index in [1.807, 2.05) is 55.5 Å². The number of nitrogens with one attached hydrogen (secondary N) is 3. The van der Waals surface area contributed by atoms with Gasteiger partial charge in [0.25, 0.3) is 5.91 Å². The van der Waals surface area contributed by atoms with Crippen molar-refractivity contribution in [1.29, 1.82) is 0 Å². The van der Waals surface area contributed by atoms with Gasteiger partial charge in [0.05, 0.1) is 11.6 Å². The fraction of sp³-hybridized carbons (Fsp3) is 0.111. The minimum absolute atomic E-state index is 0.174. The number of hydrogen-bond acceptors (Lipinski definition) is 2. The summed E-state index contributed by atoms with van der Waals surface area (Å²) < 4.78 is 1.90. The maximum atomic E-state index is 12.9. The Labute approximate surface area is 168 Å². The van der Waals surface area contributed by atoms with Gasteiger partial charge in [0.15, 0.2) is 5.11 Å². The number of carbonyl (C=O) groups excluding carboxylic acids is 1. The number of thiocarbonyl (C=S) groups is 1. The van der Waals surface area contributed by atoms with Crippen LogP contribution in [-0.4, -0.2) is 11.0 Å². The van der Waals surface area contributed by atoms with E-state index >= 15 is 0 Å². The van der Waals surface area contributed by atoms with Crippen LogP contribution in [0.2, 0.25) is 0 Å². The topological polar surface area (TPSA) is 53.2 Å². The molecule has 2 aromatic carbocycles. The largest absolute Gasteiger partial charge is 0.351 e. The van der Waals surface area contributed by atoms with Gasteiger partial charge in [0.1, 0.15) is 0 Å². The summed E-state index contributed by atoms with van der Waals surface area (Å²) in [6.45, 7) is 1.86. The molecule has 1 aliphatic heterocycles. The summed E-state index contributed by atoms with van der Waals surface area (Å²) >= 11 is 12.1. The lowest BCUT2D eigenvalue weighted by Gasteiger charge is -2.30. The second kappa shape index (κ2) is 7.68. The summed E-state index contributed by atoms with van der Waals surface area (Å²) in [4.78, 5) is 12.9. The highest BCUT2D eigenvalue weighted by Crippen LogP contribution is 2.29. The van der Waals surface area contributed by atoms with Gasteiger partial charge in [-0.05, 0) is 61.1 Å². The van der Waals surface area contributed by atoms with Crippen LogP contribution in [0.4, 0.5) is 5.69 Å². The molecule has 0 saturated heterocycles. The molecular formula is C18H15Br2N3OS. The zero-order valence-corrected chi connectivity index (χ0v) is 17.3. The molecule has 3 rings (SSSR count). The fourth-order valence-corrected chi connectivity index (χ4v) is 3.61. The number of benzene rings is 2. The Morgan fingerprint density at radius 3 is 2.52 bits per heavy atom. The highest BCUT2D eigenvalue weighted by atomic mass is 79.9. The van der Waals surface area contributed by atoms with E-state index in [4.69, 9.17) is 12.2 Å². The zero-order valence-electron chi connectivity index (χ0n) is 13.3. The first-order valence-electron chi connectivity index (χ1n) is 7.54. The Bertz CT molecular complexity index is 865. The van der Waals surface area contributed by atoms with Crippen LogP contribution in [0.3, 0.4) is 0 Å². The van der Waals surface area contributed by atoms with Crippen LogP contribution >= 0.6 is 44.1 Å². The molecule has 0 radical (unpaired) electrons. The molecule has 0 bridgehead atoms. The zero-order chi connectivity index (χ0) is 18.0.